The topological polar surface area (TPSA) is 72.9 Å². The fourth-order valence-electron chi connectivity index (χ4n) is 3.57. The fourth-order valence-corrected chi connectivity index (χ4v) is 3.57. The number of para-hydroxylation sites is 1. The molecule has 1 saturated carbocycles. The van der Waals surface area contributed by atoms with Crippen LogP contribution in [0.3, 0.4) is 0 Å². The summed E-state index contributed by atoms with van der Waals surface area (Å²) in [6, 6.07) is 10.2. The molecule has 5 nitrogen and oxygen atoms in total. The molecule has 1 aliphatic carbocycles. The Morgan fingerprint density at radius 3 is 2.71 bits per heavy atom. The number of nitrogens with one attached hydrogen (secondary N) is 1. The van der Waals surface area contributed by atoms with E-state index in [1.165, 1.54) is 0 Å². The van der Waals surface area contributed by atoms with Gasteiger partial charge in [0, 0.05) is 30.3 Å². The molecule has 0 aliphatic heterocycles. The second-order valence-corrected chi connectivity index (χ2v) is 6.73. The molecule has 0 bridgehead atoms. The summed E-state index contributed by atoms with van der Waals surface area (Å²) in [4.78, 5) is 12.2. The molecule has 3 N–H and O–H groups in total. The molecule has 1 fully saturated rings. The van der Waals surface area contributed by atoms with E-state index < -0.39 is 0 Å². The van der Waals surface area contributed by atoms with Crippen molar-refractivity contribution in [2.24, 2.45) is 11.7 Å². The number of aromatic nitrogens is 2. The minimum atomic E-state index is 0.0867. The van der Waals surface area contributed by atoms with Gasteiger partial charge < -0.3 is 11.1 Å². The van der Waals surface area contributed by atoms with E-state index in [0.29, 0.717) is 18.9 Å². The average molecular weight is 326 g/mol. The van der Waals surface area contributed by atoms with Crippen molar-refractivity contribution in [3.63, 3.8) is 0 Å². The summed E-state index contributed by atoms with van der Waals surface area (Å²) >= 11 is 0. The zero-order valence-electron chi connectivity index (χ0n) is 14.5. The van der Waals surface area contributed by atoms with Gasteiger partial charge in [0.05, 0.1) is 11.4 Å². The Morgan fingerprint density at radius 1 is 1.29 bits per heavy atom. The third-order valence-electron chi connectivity index (χ3n) is 5.07. The van der Waals surface area contributed by atoms with Crippen molar-refractivity contribution in [3.8, 4) is 5.69 Å². The maximum atomic E-state index is 12.2. The van der Waals surface area contributed by atoms with Gasteiger partial charge in [-0.1, -0.05) is 24.6 Å². The molecule has 0 spiro atoms. The van der Waals surface area contributed by atoms with E-state index >= 15 is 0 Å². The standard InChI is InChI=1S/C19H26N4O/c1-13-17(12-21-19(24)11-15-7-6-10-18(15)20)14(2)23(22-13)16-8-4-3-5-9-16/h3-5,8-9,15,18H,6-7,10-12,20H2,1-2H3,(H,21,24)/t15-,18+/m0/s1. The first-order valence-corrected chi connectivity index (χ1v) is 8.69. The third-order valence-corrected chi connectivity index (χ3v) is 5.07. The lowest BCUT2D eigenvalue weighted by atomic mass is 10.00. The third kappa shape index (κ3) is 3.51. The van der Waals surface area contributed by atoms with Gasteiger partial charge in [-0.15, -0.1) is 0 Å². The molecular weight excluding hydrogens is 300 g/mol. The first kappa shape index (κ1) is 16.7. The zero-order chi connectivity index (χ0) is 17.1. The Labute approximate surface area is 143 Å². The average Bonchev–Trinajstić information content (AvgIpc) is 3.10. The van der Waals surface area contributed by atoms with Gasteiger partial charge in [0.25, 0.3) is 0 Å². The van der Waals surface area contributed by atoms with Gasteiger partial charge >= 0.3 is 0 Å². The molecule has 24 heavy (non-hydrogen) atoms. The number of nitrogens with two attached hydrogens (primary N) is 1. The van der Waals surface area contributed by atoms with E-state index in [1.54, 1.807) is 0 Å². The van der Waals surface area contributed by atoms with E-state index in [-0.39, 0.29) is 11.9 Å². The number of nitrogens with zero attached hydrogens (tertiary/aromatic N) is 2. The van der Waals surface area contributed by atoms with Crippen molar-refractivity contribution in [2.45, 2.75) is 52.1 Å². The van der Waals surface area contributed by atoms with E-state index in [2.05, 4.69) is 10.4 Å². The highest BCUT2D eigenvalue weighted by Gasteiger charge is 2.26. The molecular formula is C19H26N4O. The van der Waals surface area contributed by atoms with Gasteiger partial charge in [0.1, 0.15) is 0 Å². The predicted octanol–water partition coefficient (Wildman–Crippen LogP) is 2.62. The molecule has 5 heteroatoms. The summed E-state index contributed by atoms with van der Waals surface area (Å²) in [7, 11) is 0. The van der Waals surface area contributed by atoms with Crippen LogP contribution in [0.25, 0.3) is 5.69 Å². The van der Waals surface area contributed by atoms with E-state index in [9.17, 15) is 4.79 Å². The molecule has 1 aromatic heterocycles. The molecule has 0 unspecified atom stereocenters. The van der Waals surface area contributed by atoms with Crippen LogP contribution in [0.2, 0.25) is 0 Å². The SMILES string of the molecule is Cc1nn(-c2ccccc2)c(C)c1CNC(=O)C[C@@H]1CCC[C@H]1N. The smallest absolute Gasteiger partial charge is 0.220 e. The summed E-state index contributed by atoms with van der Waals surface area (Å²) in [5.41, 5.74) is 10.2. The van der Waals surface area contributed by atoms with Gasteiger partial charge in [-0.3, -0.25) is 4.79 Å². The van der Waals surface area contributed by atoms with Crippen LogP contribution in [-0.4, -0.2) is 21.7 Å². The Kier molecular flexibility index (Phi) is 5.00. The van der Waals surface area contributed by atoms with Gasteiger partial charge in [-0.2, -0.15) is 5.10 Å². The quantitative estimate of drug-likeness (QED) is 0.887. The lowest BCUT2D eigenvalue weighted by molar-refractivity contribution is -0.122. The van der Waals surface area contributed by atoms with Crippen LogP contribution in [0, 0.1) is 19.8 Å². The van der Waals surface area contributed by atoms with Crippen molar-refractivity contribution in [1.29, 1.82) is 0 Å². The highest BCUT2D eigenvalue weighted by Crippen LogP contribution is 2.26. The van der Waals surface area contributed by atoms with Crippen molar-refractivity contribution in [1.82, 2.24) is 15.1 Å². The largest absolute Gasteiger partial charge is 0.352 e. The summed E-state index contributed by atoms with van der Waals surface area (Å²) in [5, 5.41) is 7.66. The van der Waals surface area contributed by atoms with Crippen molar-refractivity contribution >= 4 is 5.91 Å². The van der Waals surface area contributed by atoms with Gasteiger partial charge in [-0.25, -0.2) is 4.68 Å². The lowest BCUT2D eigenvalue weighted by Crippen LogP contribution is -2.31. The molecule has 1 aromatic carbocycles. The summed E-state index contributed by atoms with van der Waals surface area (Å²) in [5.74, 6) is 0.419. The van der Waals surface area contributed by atoms with Crippen LogP contribution >= 0.6 is 0 Å². The highest BCUT2D eigenvalue weighted by atomic mass is 16.1. The number of benzene rings is 1. The van der Waals surface area contributed by atoms with Crippen LogP contribution in [0.4, 0.5) is 0 Å². The van der Waals surface area contributed by atoms with Crippen LogP contribution < -0.4 is 11.1 Å². The van der Waals surface area contributed by atoms with Crippen molar-refractivity contribution < 1.29 is 4.79 Å². The lowest BCUT2D eigenvalue weighted by Gasteiger charge is -2.14. The fraction of sp³-hybridized carbons (Fsp3) is 0.474. The number of rotatable bonds is 5. The molecule has 2 aromatic rings. The second-order valence-electron chi connectivity index (χ2n) is 6.73. The normalized spacial score (nSPS) is 20.3. The van der Waals surface area contributed by atoms with E-state index in [1.807, 2.05) is 48.9 Å². The molecule has 2 atom stereocenters. The predicted molar refractivity (Wildman–Crippen MR) is 94.8 cm³/mol. The minimum Gasteiger partial charge on any atom is -0.352 e. The van der Waals surface area contributed by atoms with E-state index in [0.717, 1.165) is 41.9 Å². The Bertz CT molecular complexity index is 708. The monoisotopic (exact) mass is 326 g/mol. The zero-order valence-corrected chi connectivity index (χ0v) is 14.5. The summed E-state index contributed by atoms with van der Waals surface area (Å²) < 4.78 is 1.93. The summed E-state index contributed by atoms with van der Waals surface area (Å²) in [6.45, 7) is 4.55. The van der Waals surface area contributed by atoms with Gasteiger partial charge in [-0.05, 0) is 44.7 Å². The number of carbonyl (C=O) groups is 1. The highest BCUT2D eigenvalue weighted by molar-refractivity contribution is 5.76. The van der Waals surface area contributed by atoms with Crippen LogP contribution in [-0.2, 0) is 11.3 Å². The summed E-state index contributed by atoms with van der Waals surface area (Å²) in [6.07, 6.45) is 3.78. The van der Waals surface area contributed by atoms with Crippen LogP contribution in [0.15, 0.2) is 30.3 Å². The van der Waals surface area contributed by atoms with Gasteiger partial charge in [0.15, 0.2) is 0 Å². The number of amides is 1. The Morgan fingerprint density at radius 2 is 2.04 bits per heavy atom. The Balaban J connectivity index is 1.65. The molecule has 128 valence electrons. The van der Waals surface area contributed by atoms with Crippen LogP contribution in [0.1, 0.15) is 42.6 Å². The maximum absolute atomic E-state index is 12.2. The Hall–Kier alpha value is -2.14. The number of carbonyl (C=O) groups excluding carboxylic acids is 1. The first-order chi connectivity index (χ1) is 11.6. The number of aryl methyl sites for hydroxylation is 1. The number of hydrogen-bond acceptors (Lipinski definition) is 3. The van der Waals surface area contributed by atoms with Gasteiger partial charge in [0.2, 0.25) is 5.91 Å². The second kappa shape index (κ2) is 7.18. The van der Waals surface area contributed by atoms with E-state index in [4.69, 9.17) is 5.73 Å². The number of hydrogen-bond donors (Lipinski definition) is 2. The first-order valence-electron chi connectivity index (χ1n) is 8.69. The maximum Gasteiger partial charge on any atom is 0.220 e. The molecule has 1 amide bonds. The molecule has 0 radical (unpaired) electrons. The van der Waals surface area contributed by atoms with Crippen molar-refractivity contribution in [3.05, 3.63) is 47.3 Å². The molecule has 0 saturated heterocycles. The minimum absolute atomic E-state index is 0.0867. The molecule has 1 aliphatic rings. The van der Waals surface area contributed by atoms with Crippen LogP contribution in [0.5, 0.6) is 0 Å². The van der Waals surface area contributed by atoms with Crippen molar-refractivity contribution in [2.75, 3.05) is 0 Å². The molecule has 3 rings (SSSR count). The molecule has 1 heterocycles.